The van der Waals surface area contributed by atoms with Crippen LogP contribution in [-0.4, -0.2) is 22.6 Å². The Bertz CT molecular complexity index is 1300. The molecular weight excluding hydrogens is 469 g/mol. The van der Waals surface area contributed by atoms with Crippen LogP contribution in [0, 0.1) is 27.7 Å². The summed E-state index contributed by atoms with van der Waals surface area (Å²) in [6, 6.07) is 10.8. The van der Waals surface area contributed by atoms with Crippen LogP contribution < -0.4 is 10.7 Å². The molecule has 0 saturated heterocycles. The van der Waals surface area contributed by atoms with Gasteiger partial charge in [0.05, 0.1) is 16.8 Å². The van der Waals surface area contributed by atoms with Crippen LogP contribution in [0.5, 0.6) is 0 Å². The van der Waals surface area contributed by atoms with E-state index in [4.69, 9.17) is 11.6 Å². The molecule has 3 rings (SSSR count). The fourth-order valence-electron chi connectivity index (χ4n) is 3.40. The van der Waals surface area contributed by atoms with Gasteiger partial charge in [-0.1, -0.05) is 17.7 Å². The van der Waals surface area contributed by atoms with E-state index in [2.05, 4.69) is 21.9 Å². The second-order valence-electron chi connectivity index (χ2n) is 7.78. The van der Waals surface area contributed by atoms with Crippen LogP contribution in [0.3, 0.4) is 0 Å². The zero-order valence-corrected chi connectivity index (χ0v) is 19.6. The van der Waals surface area contributed by atoms with Gasteiger partial charge in [-0.2, -0.15) is 18.3 Å². The number of nitrogens with one attached hydrogen (secondary N) is 2. The molecule has 0 aliphatic heterocycles. The smallest absolute Gasteiger partial charge is 0.318 e. The number of halogens is 4. The lowest BCUT2D eigenvalue weighted by atomic mass is 10.1. The number of aromatic nitrogens is 1. The van der Waals surface area contributed by atoms with Gasteiger partial charge in [0.15, 0.2) is 0 Å². The molecule has 34 heavy (non-hydrogen) atoms. The minimum absolute atomic E-state index is 0.224. The molecular formula is C24H22ClF3N4O2. The number of hydrogen-bond acceptors (Lipinski definition) is 3. The Balaban J connectivity index is 1.69. The van der Waals surface area contributed by atoms with Crippen LogP contribution in [0.4, 0.5) is 18.9 Å². The van der Waals surface area contributed by atoms with Gasteiger partial charge < -0.3 is 9.88 Å². The molecule has 1 heterocycles. The largest absolute Gasteiger partial charge is 0.417 e. The van der Waals surface area contributed by atoms with Crippen molar-refractivity contribution in [3.63, 3.8) is 0 Å². The molecule has 0 unspecified atom stereocenters. The molecule has 0 spiro atoms. The Morgan fingerprint density at radius 1 is 0.971 bits per heavy atom. The SMILES string of the molecule is Cc1ccc(-n2c(C)cc(/C=N\NC(=O)C(=O)Nc3ccc(Cl)c(C(F)(F)F)c3)c2C)cc1C. The first-order chi connectivity index (χ1) is 15.9. The highest BCUT2D eigenvalue weighted by molar-refractivity contribution is 6.39. The van der Waals surface area contributed by atoms with Gasteiger partial charge in [-0.3, -0.25) is 9.59 Å². The van der Waals surface area contributed by atoms with Crippen molar-refractivity contribution in [3.05, 3.63) is 81.1 Å². The molecule has 2 N–H and O–H groups in total. The Morgan fingerprint density at radius 3 is 2.32 bits per heavy atom. The topological polar surface area (TPSA) is 75.5 Å². The third-order valence-electron chi connectivity index (χ3n) is 5.32. The molecule has 0 aliphatic rings. The van der Waals surface area contributed by atoms with Crippen molar-refractivity contribution in [1.29, 1.82) is 0 Å². The molecule has 0 bridgehead atoms. The number of alkyl halides is 3. The number of anilines is 1. The van der Waals surface area contributed by atoms with Gasteiger partial charge in [-0.15, -0.1) is 0 Å². The summed E-state index contributed by atoms with van der Waals surface area (Å²) in [5.41, 5.74) is 6.62. The maximum atomic E-state index is 13.0. The lowest BCUT2D eigenvalue weighted by Gasteiger charge is -2.11. The number of hydrazone groups is 1. The van der Waals surface area contributed by atoms with Gasteiger partial charge in [0.1, 0.15) is 0 Å². The Labute approximate surface area is 199 Å². The molecule has 10 heteroatoms. The van der Waals surface area contributed by atoms with Crippen LogP contribution in [0.25, 0.3) is 5.69 Å². The molecule has 6 nitrogen and oxygen atoms in total. The summed E-state index contributed by atoms with van der Waals surface area (Å²) in [5, 5.41) is 5.40. The molecule has 178 valence electrons. The standard InChI is InChI=1S/C24H22ClF3N4O2/c1-13-5-7-19(9-14(13)2)32-15(3)10-17(16(32)4)12-29-31-23(34)22(33)30-18-6-8-21(25)20(11-18)24(26,27)28/h5-12H,1-4H3,(H,30,33)(H,31,34)/b29-12-. The Kier molecular flexibility index (Phi) is 7.16. The third kappa shape index (κ3) is 5.48. The number of carbonyl (C=O) groups excluding carboxylic acids is 2. The minimum Gasteiger partial charge on any atom is -0.318 e. The molecule has 0 atom stereocenters. The Morgan fingerprint density at radius 2 is 1.68 bits per heavy atom. The number of benzene rings is 2. The molecule has 2 amide bonds. The van der Waals surface area contributed by atoms with Crippen molar-refractivity contribution in [3.8, 4) is 5.69 Å². The molecule has 2 aromatic carbocycles. The van der Waals surface area contributed by atoms with E-state index in [-0.39, 0.29) is 5.69 Å². The third-order valence-corrected chi connectivity index (χ3v) is 5.65. The van der Waals surface area contributed by atoms with E-state index >= 15 is 0 Å². The summed E-state index contributed by atoms with van der Waals surface area (Å²) in [4.78, 5) is 24.1. The summed E-state index contributed by atoms with van der Waals surface area (Å²) in [5.74, 6) is -2.31. The van der Waals surface area contributed by atoms with E-state index in [1.54, 1.807) is 0 Å². The highest BCUT2D eigenvalue weighted by atomic mass is 35.5. The molecule has 1 aromatic heterocycles. The van der Waals surface area contributed by atoms with Crippen LogP contribution in [0.15, 0.2) is 47.6 Å². The summed E-state index contributed by atoms with van der Waals surface area (Å²) in [7, 11) is 0. The van der Waals surface area contributed by atoms with Gasteiger partial charge in [0.2, 0.25) is 0 Å². The predicted octanol–water partition coefficient (Wildman–Crippen LogP) is 5.47. The van der Waals surface area contributed by atoms with Crippen molar-refractivity contribution in [1.82, 2.24) is 9.99 Å². The highest BCUT2D eigenvalue weighted by Gasteiger charge is 2.33. The molecule has 3 aromatic rings. The predicted molar refractivity (Wildman–Crippen MR) is 126 cm³/mol. The normalized spacial score (nSPS) is 11.6. The van der Waals surface area contributed by atoms with E-state index in [0.29, 0.717) is 6.07 Å². The van der Waals surface area contributed by atoms with Gasteiger partial charge in [-0.25, -0.2) is 5.43 Å². The number of rotatable bonds is 4. The first-order valence-corrected chi connectivity index (χ1v) is 10.5. The Hall–Kier alpha value is -3.59. The quantitative estimate of drug-likeness (QED) is 0.289. The molecule has 0 saturated carbocycles. The number of carbonyl (C=O) groups is 2. The van der Waals surface area contributed by atoms with Gasteiger partial charge in [0, 0.05) is 28.3 Å². The van der Waals surface area contributed by atoms with Crippen LogP contribution >= 0.6 is 11.6 Å². The first kappa shape index (κ1) is 25.0. The summed E-state index contributed by atoms with van der Waals surface area (Å²) in [6.45, 7) is 7.90. The minimum atomic E-state index is -4.70. The number of amides is 2. The number of aryl methyl sites for hydroxylation is 3. The zero-order chi connectivity index (χ0) is 25.2. The van der Waals surface area contributed by atoms with E-state index in [0.717, 1.165) is 40.3 Å². The van der Waals surface area contributed by atoms with E-state index < -0.39 is 28.6 Å². The van der Waals surface area contributed by atoms with Crippen molar-refractivity contribution in [2.45, 2.75) is 33.9 Å². The summed E-state index contributed by atoms with van der Waals surface area (Å²) in [6.07, 6.45) is -3.30. The monoisotopic (exact) mass is 490 g/mol. The highest BCUT2D eigenvalue weighted by Crippen LogP contribution is 2.36. The zero-order valence-electron chi connectivity index (χ0n) is 18.8. The van der Waals surface area contributed by atoms with Crippen molar-refractivity contribution < 1.29 is 22.8 Å². The molecule has 0 aliphatic carbocycles. The average Bonchev–Trinajstić information content (AvgIpc) is 3.03. The van der Waals surface area contributed by atoms with E-state index in [1.807, 2.05) is 50.5 Å². The van der Waals surface area contributed by atoms with Crippen LogP contribution in [0.2, 0.25) is 5.02 Å². The van der Waals surface area contributed by atoms with Crippen LogP contribution in [0.1, 0.15) is 33.6 Å². The van der Waals surface area contributed by atoms with Crippen molar-refractivity contribution in [2.24, 2.45) is 5.10 Å². The molecule has 0 fully saturated rings. The maximum absolute atomic E-state index is 13.0. The van der Waals surface area contributed by atoms with Crippen LogP contribution in [-0.2, 0) is 15.8 Å². The second kappa shape index (κ2) is 9.72. The van der Waals surface area contributed by atoms with Gasteiger partial charge in [0.25, 0.3) is 0 Å². The number of nitrogens with zero attached hydrogens (tertiary/aromatic N) is 2. The number of hydrogen-bond donors (Lipinski definition) is 2. The lowest BCUT2D eigenvalue weighted by molar-refractivity contribution is -0.137. The van der Waals surface area contributed by atoms with Crippen molar-refractivity contribution >= 4 is 35.3 Å². The molecule has 0 radical (unpaired) electrons. The van der Waals surface area contributed by atoms with Gasteiger partial charge in [-0.05, 0) is 75.2 Å². The van der Waals surface area contributed by atoms with Crippen molar-refractivity contribution in [2.75, 3.05) is 5.32 Å². The van der Waals surface area contributed by atoms with Gasteiger partial charge >= 0.3 is 18.0 Å². The fourth-order valence-corrected chi connectivity index (χ4v) is 3.62. The summed E-state index contributed by atoms with van der Waals surface area (Å²) < 4.78 is 40.9. The van der Waals surface area contributed by atoms with E-state index in [1.165, 1.54) is 11.8 Å². The van der Waals surface area contributed by atoms with E-state index in [9.17, 15) is 22.8 Å². The average molecular weight is 491 g/mol. The second-order valence-corrected chi connectivity index (χ2v) is 8.18. The summed E-state index contributed by atoms with van der Waals surface area (Å²) >= 11 is 5.55. The maximum Gasteiger partial charge on any atom is 0.417 e. The first-order valence-electron chi connectivity index (χ1n) is 10.2. The fraction of sp³-hybridized carbons (Fsp3) is 0.208. The lowest BCUT2D eigenvalue weighted by Crippen LogP contribution is -2.32.